The zero-order chi connectivity index (χ0) is 20.1. The van der Waals surface area contributed by atoms with Gasteiger partial charge >= 0.3 is 0 Å². The van der Waals surface area contributed by atoms with Gasteiger partial charge < -0.3 is 0 Å². The van der Waals surface area contributed by atoms with Gasteiger partial charge in [-0.25, -0.2) is 4.99 Å². The summed E-state index contributed by atoms with van der Waals surface area (Å²) in [6.07, 6.45) is 2.61. The number of hydrogen-bond acceptors (Lipinski definition) is 3. The second-order valence-corrected chi connectivity index (χ2v) is 7.97. The number of hydrogen-bond donors (Lipinski definition) is 0. The van der Waals surface area contributed by atoms with Gasteiger partial charge in [0.2, 0.25) is 0 Å². The van der Waals surface area contributed by atoms with Crippen molar-refractivity contribution in [2.45, 2.75) is 6.42 Å². The molecule has 0 spiro atoms. The SMILES string of the molecule is O=C1/C(=C\c2ccccc2Cl)SC(=Nc2ccccc2)N1CCc1ccccc1. The van der Waals surface area contributed by atoms with E-state index >= 15 is 0 Å². The molecule has 0 radical (unpaired) electrons. The number of halogens is 1. The lowest BCUT2D eigenvalue weighted by atomic mass is 10.1. The highest BCUT2D eigenvalue weighted by Crippen LogP contribution is 2.35. The Hall–Kier alpha value is -2.82. The van der Waals surface area contributed by atoms with Crippen molar-refractivity contribution in [3.05, 3.63) is 106 Å². The molecule has 0 saturated carbocycles. The van der Waals surface area contributed by atoms with E-state index in [1.807, 2.05) is 78.9 Å². The minimum Gasteiger partial charge on any atom is -0.286 e. The molecule has 3 nitrogen and oxygen atoms in total. The molecule has 3 aromatic rings. The maximum Gasteiger partial charge on any atom is 0.266 e. The fourth-order valence-electron chi connectivity index (χ4n) is 3.02. The number of rotatable bonds is 5. The Bertz CT molecular complexity index is 1060. The summed E-state index contributed by atoms with van der Waals surface area (Å²) < 4.78 is 0. The molecule has 0 bridgehead atoms. The predicted octanol–water partition coefficient (Wildman–Crippen LogP) is 6.19. The number of thioether (sulfide) groups is 1. The topological polar surface area (TPSA) is 32.7 Å². The van der Waals surface area contributed by atoms with Crippen LogP contribution in [0.5, 0.6) is 0 Å². The molecule has 0 aliphatic carbocycles. The van der Waals surface area contributed by atoms with Crippen molar-refractivity contribution in [1.29, 1.82) is 0 Å². The summed E-state index contributed by atoms with van der Waals surface area (Å²) in [7, 11) is 0. The Labute approximate surface area is 179 Å². The number of amides is 1. The van der Waals surface area contributed by atoms with Gasteiger partial charge in [0, 0.05) is 11.6 Å². The molecule has 0 atom stereocenters. The summed E-state index contributed by atoms with van der Waals surface area (Å²) in [5.74, 6) is -0.0412. The van der Waals surface area contributed by atoms with Crippen molar-refractivity contribution >= 4 is 46.2 Å². The van der Waals surface area contributed by atoms with Crippen molar-refractivity contribution < 1.29 is 4.79 Å². The van der Waals surface area contributed by atoms with Gasteiger partial charge in [-0.2, -0.15) is 0 Å². The number of amidine groups is 1. The molecule has 144 valence electrons. The van der Waals surface area contributed by atoms with Crippen molar-refractivity contribution in [3.8, 4) is 0 Å². The van der Waals surface area contributed by atoms with Gasteiger partial charge in [-0.15, -0.1) is 0 Å². The highest BCUT2D eigenvalue weighted by Gasteiger charge is 2.33. The highest BCUT2D eigenvalue weighted by atomic mass is 35.5. The molecule has 0 N–H and O–H groups in total. The summed E-state index contributed by atoms with van der Waals surface area (Å²) in [5, 5.41) is 1.31. The summed E-state index contributed by atoms with van der Waals surface area (Å²) in [6.45, 7) is 0.571. The number of carbonyl (C=O) groups is 1. The van der Waals surface area contributed by atoms with Crippen LogP contribution >= 0.6 is 23.4 Å². The molecule has 0 unspecified atom stereocenters. The molecule has 1 amide bonds. The van der Waals surface area contributed by atoms with Gasteiger partial charge in [0.25, 0.3) is 5.91 Å². The third-order valence-corrected chi connectivity index (χ3v) is 5.88. The Balaban J connectivity index is 1.64. The first-order valence-electron chi connectivity index (χ1n) is 9.34. The van der Waals surface area contributed by atoms with E-state index < -0.39 is 0 Å². The van der Waals surface area contributed by atoms with Crippen LogP contribution in [0.25, 0.3) is 6.08 Å². The Morgan fingerprint density at radius 3 is 2.28 bits per heavy atom. The highest BCUT2D eigenvalue weighted by molar-refractivity contribution is 8.18. The average Bonchev–Trinajstić information content (AvgIpc) is 3.04. The molecular weight excluding hydrogens is 400 g/mol. The van der Waals surface area contributed by atoms with Crippen molar-refractivity contribution in [2.75, 3.05) is 6.54 Å². The third-order valence-electron chi connectivity index (χ3n) is 4.53. The van der Waals surface area contributed by atoms with E-state index in [0.717, 1.165) is 17.7 Å². The maximum atomic E-state index is 13.2. The van der Waals surface area contributed by atoms with Gasteiger partial charge in [-0.3, -0.25) is 9.69 Å². The number of para-hydroxylation sites is 1. The Kier molecular flexibility index (Phi) is 6.13. The summed E-state index contributed by atoms with van der Waals surface area (Å²) in [5.41, 5.74) is 2.84. The van der Waals surface area contributed by atoms with Crippen LogP contribution in [0.3, 0.4) is 0 Å². The van der Waals surface area contributed by atoms with E-state index in [0.29, 0.717) is 21.6 Å². The molecule has 0 aromatic heterocycles. The molecule has 5 heteroatoms. The van der Waals surface area contributed by atoms with E-state index in [2.05, 4.69) is 12.1 Å². The van der Waals surface area contributed by atoms with E-state index in [1.54, 1.807) is 4.90 Å². The number of benzene rings is 3. The fourth-order valence-corrected chi connectivity index (χ4v) is 4.23. The quantitative estimate of drug-likeness (QED) is 0.463. The molecule has 1 fully saturated rings. The number of nitrogens with zero attached hydrogens (tertiary/aromatic N) is 2. The molecule has 1 saturated heterocycles. The lowest BCUT2D eigenvalue weighted by Crippen LogP contribution is -2.31. The first-order chi connectivity index (χ1) is 14.2. The summed E-state index contributed by atoms with van der Waals surface area (Å²) >= 11 is 7.67. The van der Waals surface area contributed by atoms with Crippen LogP contribution in [0.15, 0.2) is 94.8 Å². The van der Waals surface area contributed by atoms with Crippen LogP contribution in [-0.4, -0.2) is 22.5 Å². The summed E-state index contributed by atoms with van der Waals surface area (Å²) in [6, 6.07) is 27.4. The van der Waals surface area contributed by atoms with Gasteiger partial charge in [-0.1, -0.05) is 78.3 Å². The average molecular weight is 419 g/mol. The van der Waals surface area contributed by atoms with Crippen LogP contribution in [0.1, 0.15) is 11.1 Å². The zero-order valence-corrected chi connectivity index (χ0v) is 17.2. The van der Waals surface area contributed by atoms with E-state index in [1.165, 1.54) is 17.3 Å². The van der Waals surface area contributed by atoms with Crippen molar-refractivity contribution in [2.24, 2.45) is 4.99 Å². The lowest BCUT2D eigenvalue weighted by molar-refractivity contribution is -0.122. The van der Waals surface area contributed by atoms with Gasteiger partial charge in [0.05, 0.1) is 10.6 Å². The maximum absolute atomic E-state index is 13.2. The van der Waals surface area contributed by atoms with Crippen LogP contribution in [0.2, 0.25) is 5.02 Å². The lowest BCUT2D eigenvalue weighted by Gasteiger charge is -2.15. The first-order valence-corrected chi connectivity index (χ1v) is 10.5. The van der Waals surface area contributed by atoms with Crippen molar-refractivity contribution in [3.63, 3.8) is 0 Å². The van der Waals surface area contributed by atoms with E-state index in [-0.39, 0.29) is 5.91 Å². The minimum absolute atomic E-state index is 0.0412. The van der Waals surface area contributed by atoms with Crippen LogP contribution < -0.4 is 0 Å². The third kappa shape index (κ3) is 4.78. The minimum atomic E-state index is -0.0412. The first kappa shape index (κ1) is 19.5. The monoisotopic (exact) mass is 418 g/mol. The second kappa shape index (κ2) is 9.12. The molecule has 1 heterocycles. The van der Waals surface area contributed by atoms with Crippen LogP contribution in [-0.2, 0) is 11.2 Å². The van der Waals surface area contributed by atoms with Crippen LogP contribution in [0.4, 0.5) is 5.69 Å². The zero-order valence-electron chi connectivity index (χ0n) is 15.7. The number of carbonyl (C=O) groups excluding carboxylic acids is 1. The van der Waals surface area contributed by atoms with Crippen molar-refractivity contribution in [1.82, 2.24) is 4.90 Å². The molecule has 29 heavy (non-hydrogen) atoms. The van der Waals surface area contributed by atoms with E-state index in [4.69, 9.17) is 16.6 Å². The number of aliphatic imine (C=N–C) groups is 1. The van der Waals surface area contributed by atoms with E-state index in [9.17, 15) is 4.79 Å². The molecule has 1 aliphatic heterocycles. The largest absolute Gasteiger partial charge is 0.286 e. The summed E-state index contributed by atoms with van der Waals surface area (Å²) in [4.78, 5) is 20.3. The molecule has 3 aromatic carbocycles. The second-order valence-electron chi connectivity index (χ2n) is 6.55. The smallest absolute Gasteiger partial charge is 0.266 e. The standard InChI is InChI=1S/C24H19ClN2OS/c25-21-14-8-7-11-19(21)17-22-23(28)27(16-15-18-9-3-1-4-10-18)24(29-22)26-20-12-5-2-6-13-20/h1-14,17H,15-16H2/b22-17+,26-24?. The van der Waals surface area contributed by atoms with Gasteiger partial charge in [-0.05, 0) is 53.6 Å². The normalized spacial score (nSPS) is 16.7. The van der Waals surface area contributed by atoms with Gasteiger partial charge in [0.15, 0.2) is 5.17 Å². The molecular formula is C24H19ClN2OS. The van der Waals surface area contributed by atoms with Gasteiger partial charge in [0.1, 0.15) is 0 Å². The van der Waals surface area contributed by atoms with Crippen LogP contribution in [0, 0.1) is 0 Å². The molecule has 1 aliphatic rings. The molecule has 4 rings (SSSR count). The Morgan fingerprint density at radius 2 is 1.55 bits per heavy atom. The fraction of sp³-hybridized carbons (Fsp3) is 0.0833. The Morgan fingerprint density at radius 1 is 0.897 bits per heavy atom. The predicted molar refractivity (Wildman–Crippen MR) is 122 cm³/mol.